The lowest BCUT2D eigenvalue weighted by atomic mass is 9.77. The Morgan fingerprint density at radius 2 is 2.29 bits per heavy atom. The zero-order valence-electron chi connectivity index (χ0n) is 13.7. The minimum atomic E-state index is -0.534. The summed E-state index contributed by atoms with van der Waals surface area (Å²) < 4.78 is 5.61. The van der Waals surface area contributed by atoms with Crippen molar-refractivity contribution < 1.29 is 9.53 Å². The molecular formula is C16H31N3O2. The second-order valence-corrected chi connectivity index (χ2v) is 6.87. The molecule has 122 valence electrons. The van der Waals surface area contributed by atoms with Gasteiger partial charge in [-0.2, -0.15) is 0 Å². The third-order valence-electron chi connectivity index (χ3n) is 4.97. The van der Waals surface area contributed by atoms with Crippen LogP contribution in [-0.2, 0) is 9.53 Å². The third-order valence-corrected chi connectivity index (χ3v) is 4.97. The van der Waals surface area contributed by atoms with Crippen LogP contribution in [0.5, 0.6) is 0 Å². The van der Waals surface area contributed by atoms with Crippen LogP contribution in [0.25, 0.3) is 0 Å². The molecule has 1 aliphatic carbocycles. The van der Waals surface area contributed by atoms with E-state index in [2.05, 4.69) is 31.0 Å². The lowest BCUT2D eigenvalue weighted by molar-refractivity contribution is -0.128. The number of nitrogens with zero attached hydrogens (tertiary/aromatic N) is 1. The number of morpholine rings is 1. The number of amides is 1. The van der Waals surface area contributed by atoms with Gasteiger partial charge in [0.25, 0.3) is 0 Å². The van der Waals surface area contributed by atoms with E-state index in [9.17, 15) is 4.79 Å². The largest absolute Gasteiger partial charge is 0.378 e. The molecule has 3 unspecified atom stereocenters. The summed E-state index contributed by atoms with van der Waals surface area (Å²) >= 11 is 0. The summed E-state index contributed by atoms with van der Waals surface area (Å²) in [6.07, 6.45) is 5.00. The Morgan fingerprint density at radius 3 is 2.90 bits per heavy atom. The van der Waals surface area contributed by atoms with Crippen molar-refractivity contribution in [2.45, 2.75) is 76.5 Å². The average molecular weight is 297 g/mol. The van der Waals surface area contributed by atoms with E-state index >= 15 is 0 Å². The molecule has 1 saturated heterocycles. The van der Waals surface area contributed by atoms with E-state index < -0.39 is 5.54 Å². The molecule has 2 fully saturated rings. The van der Waals surface area contributed by atoms with Crippen LogP contribution in [0.2, 0.25) is 0 Å². The number of hydrogen-bond acceptors (Lipinski definition) is 4. The van der Waals surface area contributed by atoms with Gasteiger partial charge in [-0.05, 0) is 46.0 Å². The summed E-state index contributed by atoms with van der Waals surface area (Å²) in [6, 6.07) is 1.18. The Hall–Kier alpha value is -0.650. The van der Waals surface area contributed by atoms with E-state index in [1.54, 1.807) is 0 Å². The van der Waals surface area contributed by atoms with Crippen molar-refractivity contribution in [2.75, 3.05) is 19.8 Å². The first-order valence-electron chi connectivity index (χ1n) is 8.39. The predicted molar refractivity (Wildman–Crippen MR) is 84.1 cm³/mol. The molecule has 3 N–H and O–H groups in total. The number of carbonyl (C=O) groups excluding carboxylic acids is 1. The van der Waals surface area contributed by atoms with E-state index in [0.29, 0.717) is 12.1 Å². The van der Waals surface area contributed by atoms with Crippen molar-refractivity contribution in [3.05, 3.63) is 0 Å². The molecule has 21 heavy (non-hydrogen) atoms. The third kappa shape index (κ3) is 3.76. The van der Waals surface area contributed by atoms with Gasteiger partial charge in [0.05, 0.1) is 18.8 Å². The molecule has 0 aromatic rings. The smallest absolute Gasteiger partial charge is 0.237 e. The molecule has 2 aliphatic rings. The van der Waals surface area contributed by atoms with Crippen LogP contribution in [-0.4, -0.2) is 54.2 Å². The molecule has 2 rings (SSSR count). The number of nitrogens with two attached hydrogens (primary N) is 1. The predicted octanol–water partition coefficient (Wildman–Crippen LogP) is 1.26. The van der Waals surface area contributed by atoms with E-state index in [0.717, 1.165) is 51.9 Å². The fourth-order valence-electron chi connectivity index (χ4n) is 4.01. The van der Waals surface area contributed by atoms with E-state index in [4.69, 9.17) is 10.5 Å². The Bertz CT molecular complexity index is 361. The van der Waals surface area contributed by atoms with E-state index in [1.807, 2.05) is 0 Å². The van der Waals surface area contributed by atoms with Crippen molar-refractivity contribution >= 4 is 5.91 Å². The molecular weight excluding hydrogens is 266 g/mol. The van der Waals surface area contributed by atoms with Gasteiger partial charge in [0.2, 0.25) is 5.91 Å². The van der Waals surface area contributed by atoms with Crippen molar-refractivity contribution in [1.29, 1.82) is 0 Å². The van der Waals surface area contributed by atoms with Gasteiger partial charge in [-0.15, -0.1) is 0 Å². The van der Waals surface area contributed by atoms with Gasteiger partial charge in [-0.25, -0.2) is 0 Å². The molecule has 0 bridgehead atoms. The molecule has 1 saturated carbocycles. The average Bonchev–Trinajstić information content (AvgIpc) is 2.46. The topological polar surface area (TPSA) is 67.6 Å². The SMILES string of the molecule is CCC1COCCN1C1CCCC(NC(C)C)(C(N)=O)C1. The summed E-state index contributed by atoms with van der Waals surface area (Å²) in [5.74, 6) is -0.192. The molecule has 0 spiro atoms. The minimum Gasteiger partial charge on any atom is -0.378 e. The molecule has 0 aromatic heterocycles. The number of ether oxygens (including phenoxy) is 1. The van der Waals surface area contributed by atoms with E-state index in [-0.39, 0.29) is 11.9 Å². The van der Waals surface area contributed by atoms with Gasteiger partial charge < -0.3 is 15.8 Å². The van der Waals surface area contributed by atoms with Gasteiger partial charge in [0.15, 0.2) is 0 Å². The molecule has 3 atom stereocenters. The zero-order valence-corrected chi connectivity index (χ0v) is 13.7. The van der Waals surface area contributed by atoms with Crippen LogP contribution in [0, 0.1) is 0 Å². The highest BCUT2D eigenvalue weighted by atomic mass is 16.5. The van der Waals surface area contributed by atoms with Gasteiger partial charge in [0.1, 0.15) is 0 Å². The van der Waals surface area contributed by atoms with Gasteiger partial charge in [0, 0.05) is 24.7 Å². The minimum absolute atomic E-state index is 0.192. The highest BCUT2D eigenvalue weighted by Crippen LogP contribution is 2.33. The summed E-state index contributed by atoms with van der Waals surface area (Å²) in [5, 5.41) is 3.46. The number of hydrogen-bond donors (Lipinski definition) is 2. The second kappa shape index (κ2) is 7.07. The molecule has 0 aromatic carbocycles. The van der Waals surface area contributed by atoms with Crippen LogP contribution >= 0.6 is 0 Å². The fraction of sp³-hybridized carbons (Fsp3) is 0.938. The quantitative estimate of drug-likeness (QED) is 0.802. The van der Waals surface area contributed by atoms with Crippen molar-refractivity contribution in [3.8, 4) is 0 Å². The summed E-state index contributed by atoms with van der Waals surface area (Å²) in [4.78, 5) is 14.7. The first kappa shape index (κ1) is 16.7. The Balaban J connectivity index is 2.12. The standard InChI is InChI=1S/C16H31N3O2/c1-4-13-11-21-9-8-19(13)14-6-5-7-16(10-14,15(17)20)18-12(2)3/h12-14,18H,4-11H2,1-3H3,(H2,17,20). The number of primary amides is 1. The number of nitrogens with one attached hydrogen (secondary N) is 1. The maximum atomic E-state index is 12.1. The fourth-order valence-corrected chi connectivity index (χ4v) is 4.01. The molecule has 0 radical (unpaired) electrons. The van der Waals surface area contributed by atoms with Crippen LogP contribution < -0.4 is 11.1 Å². The Labute approximate surface area is 128 Å². The van der Waals surface area contributed by atoms with Crippen LogP contribution in [0.3, 0.4) is 0 Å². The first-order valence-corrected chi connectivity index (χ1v) is 8.39. The molecule has 1 amide bonds. The van der Waals surface area contributed by atoms with Crippen molar-refractivity contribution in [2.24, 2.45) is 5.73 Å². The van der Waals surface area contributed by atoms with Crippen LogP contribution in [0.4, 0.5) is 0 Å². The normalized spacial score (nSPS) is 35.0. The maximum absolute atomic E-state index is 12.1. The van der Waals surface area contributed by atoms with Crippen LogP contribution in [0.15, 0.2) is 0 Å². The van der Waals surface area contributed by atoms with Crippen LogP contribution in [0.1, 0.15) is 52.9 Å². The summed E-state index contributed by atoms with van der Waals surface area (Å²) in [5.41, 5.74) is 5.23. The summed E-state index contributed by atoms with van der Waals surface area (Å²) in [7, 11) is 0. The highest BCUT2D eigenvalue weighted by Gasteiger charge is 2.44. The molecule has 5 nitrogen and oxygen atoms in total. The second-order valence-electron chi connectivity index (χ2n) is 6.87. The van der Waals surface area contributed by atoms with Crippen molar-refractivity contribution in [1.82, 2.24) is 10.2 Å². The monoisotopic (exact) mass is 297 g/mol. The van der Waals surface area contributed by atoms with E-state index in [1.165, 1.54) is 0 Å². The Kier molecular flexibility index (Phi) is 5.63. The maximum Gasteiger partial charge on any atom is 0.237 e. The number of rotatable bonds is 5. The van der Waals surface area contributed by atoms with Gasteiger partial charge >= 0.3 is 0 Å². The zero-order chi connectivity index (χ0) is 15.5. The lowest BCUT2D eigenvalue weighted by Crippen LogP contribution is -2.63. The highest BCUT2D eigenvalue weighted by molar-refractivity contribution is 5.85. The van der Waals surface area contributed by atoms with Gasteiger partial charge in [-0.1, -0.05) is 6.92 Å². The Morgan fingerprint density at radius 1 is 1.52 bits per heavy atom. The molecule has 1 heterocycles. The number of carbonyl (C=O) groups is 1. The molecule has 5 heteroatoms. The first-order chi connectivity index (χ1) is 9.98. The molecule has 1 aliphatic heterocycles. The van der Waals surface area contributed by atoms with Gasteiger partial charge in [-0.3, -0.25) is 9.69 Å². The summed E-state index contributed by atoms with van der Waals surface area (Å²) in [6.45, 7) is 8.96. The van der Waals surface area contributed by atoms with Crippen molar-refractivity contribution in [3.63, 3.8) is 0 Å². The lowest BCUT2D eigenvalue weighted by Gasteiger charge is -2.48.